The van der Waals surface area contributed by atoms with Gasteiger partial charge in [0.1, 0.15) is 0 Å². The molecular weight excluding hydrogens is 138 g/mol. The SMILES string of the molecule is CC1(C)CC(O)CC(C)(N)C1. The summed E-state index contributed by atoms with van der Waals surface area (Å²) in [6.45, 7) is 6.36. The van der Waals surface area contributed by atoms with Crippen molar-refractivity contribution in [2.45, 2.75) is 51.7 Å². The maximum atomic E-state index is 9.50. The van der Waals surface area contributed by atoms with Gasteiger partial charge in [-0.05, 0) is 31.6 Å². The van der Waals surface area contributed by atoms with E-state index in [9.17, 15) is 5.11 Å². The highest BCUT2D eigenvalue weighted by Crippen LogP contribution is 2.39. The van der Waals surface area contributed by atoms with Gasteiger partial charge in [-0.3, -0.25) is 0 Å². The Hall–Kier alpha value is -0.0800. The van der Waals surface area contributed by atoms with E-state index >= 15 is 0 Å². The fourth-order valence-corrected chi connectivity index (χ4v) is 2.49. The van der Waals surface area contributed by atoms with E-state index in [2.05, 4.69) is 13.8 Å². The van der Waals surface area contributed by atoms with Crippen LogP contribution in [0.4, 0.5) is 0 Å². The summed E-state index contributed by atoms with van der Waals surface area (Å²) in [4.78, 5) is 0. The topological polar surface area (TPSA) is 46.2 Å². The van der Waals surface area contributed by atoms with Gasteiger partial charge in [0.05, 0.1) is 6.10 Å². The molecule has 0 aliphatic heterocycles. The van der Waals surface area contributed by atoms with Crippen molar-refractivity contribution >= 4 is 0 Å². The van der Waals surface area contributed by atoms with E-state index in [1.807, 2.05) is 6.92 Å². The van der Waals surface area contributed by atoms with Crippen molar-refractivity contribution in [2.24, 2.45) is 11.1 Å². The summed E-state index contributed by atoms with van der Waals surface area (Å²) in [7, 11) is 0. The minimum atomic E-state index is -0.200. The fraction of sp³-hybridized carbons (Fsp3) is 1.00. The molecule has 0 saturated heterocycles. The van der Waals surface area contributed by atoms with Crippen LogP contribution in [0.3, 0.4) is 0 Å². The first kappa shape index (κ1) is 9.01. The Labute approximate surface area is 68.8 Å². The highest BCUT2D eigenvalue weighted by molar-refractivity contribution is 4.94. The van der Waals surface area contributed by atoms with Gasteiger partial charge in [0, 0.05) is 5.54 Å². The van der Waals surface area contributed by atoms with E-state index < -0.39 is 0 Å². The van der Waals surface area contributed by atoms with E-state index in [0.717, 1.165) is 19.3 Å². The Kier molecular flexibility index (Phi) is 2.01. The van der Waals surface area contributed by atoms with Crippen molar-refractivity contribution in [3.63, 3.8) is 0 Å². The molecule has 3 N–H and O–H groups in total. The van der Waals surface area contributed by atoms with Gasteiger partial charge in [-0.15, -0.1) is 0 Å². The maximum Gasteiger partial charge on any atom is 0.0562 e. The van der Waals surface area contributed by atoms with Crippen molar-refractivity contribution in [2.75, 3.05) is 0 Å². The summed E-state index contributed by atoms with van der Waals surface area (Å²) < 4.78 is 0. The number of hydrogen-bond donors (Lipinski definition) is 2. The largest absolute Gasteiger partial charge is 0.393 e. The molecule has 0 spiro atoms. The highest BCUT2D eigenvalue weighted by atomic mass is 16.3. The Morgan fingerprint density at radius 3 is 2.18 bits per heavy atom. The molecule has 2 nitrogen and oxygen atoms in total. The smallest absolute Gasteiger partial charge is 0.0562 e. The van der Waals surface area contributed by atoms with Crippen LogP contribution in [0.15, 0.2) is 0 Å². The quantitative estimate of drug-likeness (QED) is 0.556. The molecule has 1 saturated carbocycles. The lowest BCUT2D eigenvalue weighted by atomic mass is 9.68. The van der Waals surface area contributed by atoms with Gasteiger partial charge in [-0.25, -0.2) is 0 Å². The molecule has 2 unspecified atom stereocenters. The van der Waals surface area contributed by atoms with Crippen molar-refractivity contribution in [3.8, 4) is 0 Å². The molecule has 2 atom stereocenters. The lowest BCUT2D eigenvalue weighted by Gasteiger charge is -2.42. The summed E-state index contributed by atoms with van der Waals surface area (Å²) in [5.41, 5.74) is 6.03. The molecule has 0 aromatic carbocycles. The van der Waals surface area contributed by atoms with E-state index in [1.165, 1.54) is 0 Å². The molecule has 0 bridgehead atoms. The van der Waals surface area contributed by atoms with Crippen molar-refractivity contribution in [1.29, 1.82) is 0 Å². The predicted octanol–water partition coefficient (Wildman–Crippen LogP) is 1.27. The second kappa shape index (κ2) is 2.46. The zero-order valence-electron chi connectivity index (χ0n) is 7.72. The Balaban J connectivity index is 2.66. The third-order valence-electron chi connectivity index (χ3n) is 2.37. The summed E-state index contributed by atoms with van der Waals surface area (Å²) in [5.74, 6) is 0. The Bertz CT molecular complexity index is 136. The molecule has 0 aromatic rings. The normalized spacial score (nSPS) is 43.9. The van der Waals surface area contributed by atoms with Crippen LogP contribution in [0, 0.1) is 5.41 Å². The Morgan fingerprint density at radius 2 is 1.82 bits per heavy atom. The third kappa shape index (κ3) is 2.46. The summed E-state index contributed by atoms with van der Waals surface area (Å²) in [5, 5.41) is 9.50. The minimum absolute atomic E-state index is 0.166. The second-order valence-corrected chi connectivity index (χ2v) is 5.06. The van der Waals surface area contributed by atoms with E-state index in [4.69, 9.17) is 5.73 Å². The molecular formula is C9H19NO. The highest BCUT2D eigenvalue weighted by Gasteiger charge is 2.37. The first-order valence-corrected chi connectivity index (χ1v) is 4.28. The number of aliphatic hydroxyl groups is 1. The first-order chi connectivity index (χ1) is 4.81. The van der Waals surface area contributed by atoms with Crippen LogP contribution in [0.25, 0.3) is 0 Å². The van der Waals surface area contributed by atoms with Crippen molar-refractivity contribution in [3.05, 3.63) is 0 Å². The Morgan fingerprint density at radius 1 is 1.27 bits per heavy atom. The fourth-order valence-electron chi connectivity index (χ4n) is 2.49. The van der Waals surface area contributed by atoms with Gasteiger partial charge in [0.25, 0.3) is 0 Å². The molecule has 0 radical (unpaired) electrons. The molecule has 1 aliphatic rings. The van der Waals surface area contributed by atoms with Gasteiger partial charge in [0.15, 0.2) is 0 Å². The van der Waals surface area contributed by atoms with Gasteiger partial charge < -0.3 is 10.8 Å². The molecule has 0 heterocycles. The monoisotopic (exact) mass is 157 g/mol. The average Bonchev–Trinajstić information content (AvgIpc) is 1.49. The first-order valence-electron chi connectivity index (χ1n) is 4.28. The standard InChI is InChI=1S/C9H19NO/c1-8(2)4-7(11)5-9(3,10)6-8/h7,11H,4-6,10H2,1-3H3. The molecule has 2 heteroatoms. The van der Waals surface area contributed by atoms with E-state index in [-0.39, 0.29) is 17.1 Å². The van der Waals surface area contributed by atoms with Crippen LogP contribution in [0.5, 0.6) is 0 Å². The summed E-state index contributed by atoms with van der Waals surface area (Å²) in [6, 6.07) is 0. The van der Waals surface area contributed by atoms with E-state index in [0.29, 0.717) is 0 Å². The maximum absolute atomic E-state index is 9.50. The summed E-state index contributed by atoms with van der Waals surface area (Å²) in [6.07, 6.45) is 2.45. The molecule has 66 valence electrons. The van der Waals surface area contributed by atoms with Gasteiger partial charge >= 0.3 is 0 Å². The van der Waals surface area contributed by atoms with Gasteiger partial charge in [-0.2, -0.15) is 0 Å². The van der Waals surface area contributed by atoms with Crippen LogP contribution in [-0.2, 0) is 0 Å². The van der Waals surface area contributed by atoms with Crippen LogP contribution in [-0.4, -0.2) is 16.7 Å². The molecule has 0 aromatic heterocycles. The second-order valence-electron chi connectivity index (χ2n) is 5.06. The molecule has 1 rings (SSSR count). The zero-order chi connectivity index (χ0) is 8.70. The van der Waals surface area contributed by atoms with Crippen molar-refractivity contribution in [1.82, 2.24) is 0 Å². The van der Waals surface area contributed by atoms with E-state index in [1.54, 1.807) is 0 Å². The number of nitrogens with two attached hydrogens (primary N) is 1. The van der Waals surface area contributed by atoms with Crippen molar-refractivity contribution < 1.29 is 5.11 Å². The molecule has 0 amide bonds. The average molecular weight is 157 g/mol. The predicted molar refractivity (Wildman–Crippen MR) is 46.2 cm³/mol. The number of hydrogen-bond acceptors (Lipinski definition) is 2. The molecule has 1 aliphatic carbocycles. The zero-order valence-corrected chi connectivity index (χ0v) is 7.72. The lowest BCUT2D eigenvalue weighted by molar-refractivity contribution is 0.0272. The summed E-state index contributed by atoms with van der Waals surface area (Å²) >= 11 is 0. The number of aliphatic hydroxyl groups excluding tert-OH is 1. The van der Waals surface area contributed by atoms with Gasteiger partial charge in [-0.1, -0.05) is 13.8 Å². The lowest BCUT2D eigenvalue weighted by Crippen LogP contribution is -2.48. The van der Waals surface area contributed by atoms with Crippen LogP contribution < -0.4 is 5.73 Å². The number of rotatable bonds is 0. The van der Waals surface area contributed by atoms with Crippen LogP contribution in [0.2, 0.25) is 0 Å². The molecule has 11 heavy (non-hydrogen) atoms. The van der Waals surface area contributed by atoms with Crippen LogP contribution in [0.1, 0.15) is 40.0 Å². The minimum Gasteiger partial charge on any atom is -0.393 e. The van der Waals surface area contributed by atoms with Gasteiger partial charge in [0.2, 0.25) is 0 Å². The van der Waals surface area contributed by atoms with Crippen LogP contribution >= 0.6 is 0 Å². The molecule has 1 fully saturated rings. The third-order valence-corrected chi connectivity index (χ3v) is 2.37.